The van der Waals surface area contributed by atoms with Crippen LogP contribution in [0.5, 0.6) is 5.75 Å². The van der Waals surface area contributed by atoms with E-state index in [9.17, 15) is 9.90 Å². The summed E-state index contributed by atoms with van der Waals surface area (Å²) >= 11 is 0. The SMILES string of the molecule is CCCC1(O)CN(C(=O)c2ccc(OC(C)C)cc2)C1. The van der Waals surface area contributed by atoms with E-state index < -0.39 is 5.60 Å². The second kappa shape index (κ2) is 5.83. The fourth-order valence-corrected chi connectivity index (χ4v) is 2.56. The van der Waals surface area contributed by atoms with Crippen LogP contribution < -0.4 is 4.74 Å². The minimum Gasteiger partial charge on any atom is -0.491 e. The van der Waals surface area contributed by atoms with E-state index in [0.717, 1.165) is 18.6 Å². The Bertz CT molecular complexity index is 461. The molecule has 1 amide bonds. The smallest absolute Gasteiger partial charge is 0.254 e. The molecule has 110 valence electrons. The topological polar surface area (TPSA) is 49.8 Å². The van der Waals surface area contributed by atoms with Crippen LogP contribution in [0.3, 0.4) is 0 Å². The Morgan fingerprint density at radius 3 is 2.45 bits per heavy atom. The molecule has 1 N–H and O–H groups in total. The van der Waals surface area contributed by atoms with Crippen molar-refractivity contribution in [3.05, 3.63) is 29.8 Å². The van der Waals surface area contributed by atoms with Crippen LogP contribution in [0.15, 0.2) is 24.3 Å². The first kappa shape index (κ1) is 14.9. The van der Waals surface area contributed by atoms with Gasteiger partial charge >= 0.3 is 0 Å². The van der Waals surface area contributed by atoms with Crippen molar-refractivity contribution in [3.8, 4) is 5.75 Å². The highest BCUT2D eigenvalue weighted by molar-refractivity contribution is 5.95. The Morgan fingerprint density at radius 2 is 1.95 bits per heavy atom. The Balaban J connectivity index is 1.94. The maximum Gasteiger partial charge on any atom is 0.254 e. The Labute approximate surface area is 120 Å². The molecule has 0 aromatic heterocycles. The van der Waals surface area contributed by atoms with Gasteiger partial charge in [0.2, 0.25) is 0 Å². The first-order chi connectivity index (χ1) is 9.43. The molecule has 1 aliphatic rings. The zero-order valence-electron chi connectivity index (χ0n) is 12.4. The summed E-state index contributed by atoms with van der Waals surface area (Å²) in [7, 11) is 0. The molecule has 0 unspecified atom stereocenters. The van der Waals surface area contributed by atoms with Crippen molar-refractivity contribution >= 4 is 5.91 Å². The summed E-state index contributed by atoms with van der Waals surface area (Å²) in [6.07, 6.45) is 1.80. The van der Waals surface area contributed by atoms with E-state index in [1.165, 1.54) is 0 Å². The minimum atomic E-state index is -0.675. The van der Waals surface area contributed by atoms with Crippen molar-refractivity contribution in [2.24, 2.45) is 0 Å². The van der Waals surface area contributed by atoms with Gasteiger partial charge in [-0.25, -0.2) is 0 Å². The molecule has 1 fully saturated rings. The first-order valence-corrected chi connectivity index (χ1v) is 7.22. The van der Waals surface area contributed by atoms with Crippen molar-refractivity contribution in [3.63, 3.8) is 0 Å². The van der Waals surface area contributed by atoms with Gasteiger partial charge < -0.3 is 14.7 Å². The minimum absolute atomic E-state index is 0.0260. The fourth-order valence-electron chi connectivity index (χ4n) is 2.56. The average molecular weight is 277 g/mol. The number of rotatable bonds is 5. The molecule has 20 heavy (non-hydrogen) atoms. The Morgan fingerprint density at radius 1 is 1.35 bits per heavy atom. The van der Waals surface area contributed by atoms with Gasteiger partial charge in [-0.05, 0) is 44.5 Å². The van der Waals surface area contributed by atoms with Crippen molar-refractivity contribution < 1.29 is 14.6 Å². The summed E-state index contributed by atoms with van der Waals surface area (Å²) in [6.45, 7) is 6.84. The van der Waals surface area contributed by atoms with E-state index in [-0.39, 0.29) is 12.0 Å². The predicted molar refractivity (Wildman–Crippen MR) is 78.0 cm³/mol. The molecule has 1 aliphatic heterocycles. The van der Waals surface area contributed by atoms with Crippen LogP contribution in [0.4, 0.5) is 0 Å². The number of amides is 1. The maximum atomic E-state index is 12.2. The molecule has 0 aliphatic carbocycles. The van der Waals surface area contributed by atoms with E-state index in [4.69, 9.17) is 4.74 Å². The van der Waals surface area contributed by atoms with Crippen LogP contribution in [-0.4, -0.2) is 40.7 Å². The number of hydrogen-bond acceptors (Lipinski definition) is 3. The Hall–Kier alpha value is -1.55. The van der Waals surface area contributed by atoms with Gasteiger partial charge in [0.15, 0.2) is 0 Å². The fraction of sp³-hybridized carbons (Fsp3) is 0.562. The maximum absolute atomic E-state index is 12.2. The van der Waals surface area contributed by atoms with E-state index in [2.05, 4.69) is 0 Å². The predicted octanol–water partition coefficient (Wildman–Crippen LogP) is 2.46. The molecule has 1 heterocycles. The lowest BCUT2D eigenvalue weighted by Gasteiger charge is -2.46. The van der Waals surface area contributed by atoms with E-state index in [1.807, 2.05) is 32.9 Å². The molecule has 0 spiro atoms. The van der Waals surface area contributed by atoms with Crippen LogP contribution in [0, 0.1) is 0 Å². The zero-order valence-corrected chi connectivity index (χ0v) is 12.4. The molecule has 4 heteroatoms. The summed E-state index contributed by atoms with van der Waals surface area (Å²) in [5.41, 5.74) is -0.0369. The highest BCUT2D eigenvalue weighted by Crippen LogP contribution is 2.27. The molecule has 1 saturated heterocycles. The standard InChI is InChI=1S/C16H23NO3/c1-4-9-16(19)10-17(11-16)15(18)13-5-7-14(8-6-13)20-12(2)3/h5-8,12,19H,4,9-11H2,1-3H3. The van der Waals surface area contributed by atoms with E-state index in [1.54, 1.807) is 17.0 Å². The number of aliphatic hydroxyl groups is 1. The molecule has 1 aromatic carbocycles. The number of β-amino-alcohol motifs (C(OH)–C–C–N with tert-alkyl or cyclic N) is 1. The van der Waals surface area contributed by atoms with Gasteiger partial charge in [-0.1, -0.05) is 13.3 Å². The van der Waals surface area contributed by atoms with Gasteiger partial charge in [0.05, 0.1) is 24.8 Å². The van der Waals surface area contributed by atoms with Crippen molar-refractivity contribution in [1.82, 2.24) is 4.90 Å². The van der Waals surface area contributed by atoms with Gasteiger partial charge in [-0.3, -0.25) is 4.79 Å². The number of nitrogens with zero attached hydrogens (tertiary/aromatic N) is 1. The van der Waals surface area contributed by atoms with Crippen LogP contribution >= 0.6 is 0 Å². The molecule has 0 atom stereocenters. The number of ether oxygens (including phenoxy) is 1. The van der Waals surface area contributed by atoms with Crippen molar-refractivity contribution in [1.29, 1.82) is 0 Å². The van der Waals surface area contributed by atoms with Gasteiger partial charge in [0.1, 0.15) is 5.75 Å². The number of carbonyl (C=O) groups is 1. The number of carbonyl (C=O) groups excluding carboxylic acids is 1. The second-order valence-electron chi connectivity index (χ2n) is 5.83. The monoisotopic (exact) mass is 277 g/mol. The molecule has 1 aromatic rings. The lowest BCUT2D eigenvalue weighted by Crippen LogP contribution is -2.63. The van der Waals surface area contributed by atoms with Gasteiger partial charge in [0, 0.05) is 5.56 Å². The highest BCUT2D eigenvalue weighted by Gasteiger charge is 2.42. The number of benzene rings is 1. The van der Waals surface area contributed by atoms with Crippen LogP contribution in [-0.2, 0) is 0 Å². The summed E-state index contributed by atoms with van der Waals surface area (Å²) in [4.78, 5) is 13.9. The summed E-state index contributed by atoms with van der Waals surface area (Å²) in [5, 5.41) is 10.1. The third kappa shape index (κ3) is 3.31. The third-order valence-corrected chi connectivity index (χ3v) is 3.45. The third-order valence-electron chi connectivity index (χ3n) is 3.45. The highest BCUT2D eigenvalue weighted by atomic mass is 16.5. The van der Waals surface area contributed by atoms with Gasteiger partial charge in [0.25, 0.3) is 5.91 Å². The van der Waals surface area contributed by atoms with Gasteiger partial charge in [-0.15, -0.1) is 0 Å². The quantitative estimate of drug-likeness (QED) is 0.899. The van der Waals surface area contributed by atoms with Crippen LogP contribution in [0.1, 0.15) is 44.0 Å². The molecule has 4 nitrogen and oxygen atoms in total. The Kier molecular flexibility index (Phi) is 4.33. The average Bonchev–Trinajstić information content (AvgIpc) is 2.35. The zero-order chi connectivity index (χ0) is 14.8. The summed E-state index contributed by atoms with van der Waals surface area (Å²) in [5.74, 6) is 0.740. The second-order valence-corrected chi connectivity index (χ2v) is 5.83. The van der Waals surface area contributed by atoms with E-state index in [0.29, 0.717) is 18.7 Å². The normalized spacial score (nSPS) is 16.9. The summed E-state index contributed by atoms with van der Waals surface area (Å²) < 4.78 is 5.55. The van der Waals surface area contributed by atoms with E-state index >= 15 is 0 Å². The van der Waals surface area contributed by atoms with Crippen LogP contribution in [0.2, 0.25) is 0 Å². The first-order valence-electron chi connectivity index (χ1n) is 7.22. The van der Waals surface area contributed by atoms with Gasteiger partial charge in [-0.2, -0.15) is 0 Å². The molecule has 2 rings (SSSR count). The molecular weight excluding hydrogens is 254 g/mol. The lowest BCUT2D eigenvalue weighted by molar-refractivity contribution is -0.0860. The molecule has 0 saturated carbocycles. The molecule has 0 radical (unpaired) electrons. The number of likely N-dealkylation sites (tertiary alicyclic amines) is 1. The van der Waals surface area contributed by atoms with Crippen molar-refractivity contribution in [2.75, 3.05) is 13.1 Å². The van der Waals surface area contributed by atoms with Crippen LogP contribution in [0.25, 0.3) is 0 Å². The molecular formula is C16H23NO3. The summed E-state index contributed by atoms with van der Waals surface area (Å²) in [6, 6.07) is 7.17. The van der Waals surface area contributed by atoms with Crippen molar-refractivity contribution in [2.45, 2.75) is 45.3 Å². The lowest BCUT2D eigenvalue weighted by atomic mass is 9.89. The molecule has 0 bridgehead atoms. The largest absolute Gasteiger partial charge is 0.491 e. The number of hydrogen-bond donors (Lipinski definition) is 1.